The summed E-state index contributed by atoms with van der Waals surface area (Å²) in [5, 5.41) is 16.8. The predicted octanol–water partition coefficient (Wildman–Crippen LogP) is -2.15. The van der Waals surface area contributed by atoms with Crippen molar-refractivity contribution in [3.63, 3.8) is 0 Å². The zero-order chi connectivity index (χ0) is 7.49. The van der Waals surface area contributed by atoms with Crippen LogP contribution in [0.2, 0.25) is 0 Å². The van der Waals surface area contributed by atoms with Crippen LogP contribution in [-0.2, 0) is 4.79 Å². The van der Waals surface area contributed by atoms with Crippen molar-refractivity contribution in [1.29, 1.82) is 0 Å². The number of primary amides is 1. The van der Waals surface area contributed by atoms with Gasteiger partial charge in [0.15, 0.2) is 0 Å². The van der Waals surface area contributed by atoms with E-state index in [0.29, 0.717) is 0 Å². The molecule has 0 aromatic rings. The van der Waals surface area contributed by atoms with Crippen molar-refractivity contribution in [3.05, 3.63) is 0 Å². The average Bonchev–Trinajstić information content (AvgIpc) is 1.59. The molecule has 0 aliphatic rings. The van der Waals surface area contributed by atoms with E-state index in [-0.39, 0.29) is 12.8 Å². The number of carbonyl (C=O) groups excluding carboxylic acids is 1. The first kappa shape index (κ1) is 8.35. The van der Waals surface area contributed by atoms with Gasteiger partial charge < -0.3 is 15.9 Å². The van der Waals surface area contributed by atoms with Gasteiger partial charge >= 0.3 is 0 Å². The first-order valence-corrected chi connectivity index (χ1v) is 2.44. The van der Waals surface area contributed by atoms with Crippen LogP contribution in [-0.4, -0.2) is 22.0 Å². The molecule has 0 aliphatic heterocycles. The fourth-order valence-corrected chi connectivity index (χ4v) is 0.307. The second-order valence-corrected chi connectivity index (χ2v) is 1.84. The van der Waals surface area contributed by atoms with Gasteiger partial charge in [-0.2, -0.15) is 0 Å². The van der Waals surface area contributed by atoms with Gasteiger partial charge in [0.2, 0.25) is 11.8 Å². The minimum atomic E-state index is -2.27. The Morgan fingerprint density at radius 3 is 2.11 bits per heavy atom. The van der Waals surface area contributed by atoms with Crippen LogP contribution in [0.4, 0.5) is 0 Å². The van der Waals surface area contributed by atoms with Gasteiger partial charge in [-0.3, -0.25) is 10.5 Å². The Hall–Kier alpha value is -0.650. The van der Waals surface area contributed by atoms with E-state index in [1.54, 1.807) is 0 Å². The molecule has 0 radical (unpaired) electrons. The summed E-state index contributed by atoms with van der Waals surface area (Å²) in [6, 6.07) is 0. The molecule has 0 aromatic carbocycles. The van der Waals surface area contributed by atoms with Crippen molar-refractivity contribution in [3.8, 4) is 0 Å². The van der Waals surface area contributed by atoms with Gasteiger partial charge in [-0.1, -0.05) is 0 Å². The molecule has 54 valence electrons. The maximum Gasteiger partial charge on any atom is 0.220 e. The summed E-state index contributed by atoms with van der Waals surface area (Å²) in [6.07, 6.45) is -0.355. The fourth-order valence-electron chi connectivity index (χ4n) is 0.307. The predicted molar refractivity (Wildman–Crippen MR) is 29.8 cm³/mol. The highest BCUT2D eigenvalue weighted by molar-refractivity contribution is 5.73. The molecule has 0 aromatic heterocycles. The van der Waals surface area contributed by atoms with Crippen LogP contribution in [0.5, 0.6) is 0 Å². The molecule has 0 heterocycles. The van der Waals surface area contributed by atoms with E-state index in [9.17, 15) is 4.79 Å². The molecular formula is C4H10N2O3. The van der Waals surface area contributed by atoms with Crippen LogP contribution in [0, 0.1) is 0 Å². The second kappa shape index (κ2) is 2.77. The number of rotatable bonds is 3. The van der Waals surface area contributed by atoms with Gasteiger partial charge in [0.25, 0.3) is 0 Å². The Bertz CT molecular complexity index is 107. The monoisotopic (exact) mass is 134 g/mol. The molecule has 0 spiro atoms. The van der Waals surface area contributed by atoms with Gasteiger partial charge in [0.1, 0.15) is 0 Å². The summed E-state index contributed by atoms with van der Waals surface area (Å²) < 4.78 is 0. The third-order valence-electron chi connectivity index (χ3n) is 0.739. The lowest BCUT2D eigenvalue weighted by molar-refractivity contribution is -0.163. The van der Waals surface area contributed by atoms with E-state index in [1.165, 1.54) is 0 Å². The van der Waals surface area contributed by atoms with Crippen LogP contribution in [0.3, 0.4) is 0 Å². The Morgan fingerprint density at radius 1 is 1.56 bits per heavy atom. The first-order valence-electron chi connectivity index (χ1n) is 2.44. The van der Waals surface area contributed by atoms with E-state index in [1.807, 2.05) is 0 Å². The molecule has 0 bridgehead atoms. The Labute approximate surface area is 52.3 Å². The number of hydrogen-bond donors (Lipinski definition) is 4. The van der Waals surface area contributed by atoms with Crippen LogP contribution >= 0.6 is 0 Å². The lowest BCUT2D eigenvalue weighted by atomic mass is 10.2. The van der Waals surface area contributed by atoms with E-state index >= 15 is 0 Å². The minimum absolute atomic E-state index is 0.122. The van der Waals surface area contributed by atoms with Gasteiger partial charge in [-0.25, -0.2) is 0 Å². The maximum atomic E-state index is 9.99. The van der Waals surface area contributed by atoms with Crippen molar-refractivity contribution in [2.24, 2.45) is 11.5 Å². The topological polar surface area (TPSA) is 110 Å². The number of hydrogen-bond acceptors (Lipinski definition) is 4. The van der Waals surface area contributed by atoms with Crippen LogP contribution in [0.25, 0.3) is 0 Å². The Kier molecular flexibility index (Phi) is 2.57. The van der Waals surface area contributed by atoms with Crippen molar-refractivity contribution in [2.45, 2.75) is 18.8 Å². The molecule has 0 rings (SSSR count). The summed E-state index contributed by atoms with van der Waals surface area (Å²) in [6.45, 7) is 0. The SMILES string of the molecule is NC(=O)CCC(N)(O)O. The molecule has 0 aliphatic carbocycles. The number of nitrogens with two attached hydrogens (primary N) is 2. The van der Waals surface area contributed by atoms with Gasteiger partial charge in [-0.05, 0) is 0 Å². The maximum absolute atomic E-state index is 9.99. The zero-order valence-electron chi connectivity index (χ0n) is 4.87. The lowest BCUT2D eigenvalue weighted by Gasteiger charge is -2.12. The summed E-state index contributed by atoms with van der Waals surface area (Å²) in [5.74, 6) is -2.87. The molecular weight excluding hydrogens is 124 g/mol. The normalized spacial score (nSPS) is 11.4. The number of carbonyl (C=O) groups is 1. The second-order valence-electron chi connectivity index (χ2n) is 1.84. The molecule has 5 heteroatoms. The van der Waals surface area contributed by atoms with Crippen LogP contribution in [0.15, 0.2) is 0 Å². The van der Waals surface area contributed by atoms with Gasteiger partial charge in [-0.15, -0.1) is 0 Å². The summed E-state index contributed by atoms with van der Waals surface area (Å²) in [7, 11) is 0. The van der Waals surface area contributed by atoms with Crippen molar-refractivity contribution in [1.82, 2.24) is 0 Å². The smallest absolute Gasteiger partial charge is 0.220 e. The summed E-state index contributed by atoms with van der Waals surface area (Å²) in [4.78, 5) is 9.99. The van der Waals surface area contributed by atoms with Crippen LogP contribution in [0.1, 0.15) is 12.8 Å². The molecule has 0 fully saturated rings. The summed E-state index contributed by atoms with van der Waals surface area (Å²) in [5.41, 5.74) is 9.37. The van der Waals surface area contributed by atoms with E-state index in [0.717, 1.165) is 0 Å². The minimum Gasteiger partial charge on any atom is -0.370 e. The van der Waals surface area contributed by atoms with E-state index in [2.05, 4.69) is 11.5 Å². The van der Waals surface area contributed by atoms with Crippen LogP contribution < -0.4 is 11.5 Å². The summed E-state index contributed by atoms with van der Waals surface area (Å²) >= 11 is 0. The number of amides is 1. The molecule has 6 N–H and O–H groups in total. The molecule has 0 atom stereocenters. The Morgan fingerprint density at radius 2 is 2.00 bits per heavy atom. The third-order valence-corrected chi connectivity index (χ3v) is 0.739. The Balaban J connectivity index is 3.39. The standard InChI is InChI=1S/C4H10N2O3/c5-3(7)1-2-4(6,8)9/h8-9H,1-2,6H2,(H2,5,7). The van der Waals surface area contributed by atoms with Crippen molar-refractivity contribution in [2.75, 3.05) is 0 Å². The van der Waals surface area contributed by atoms with Crippen molar-refractivity contribution >= 4 is 5.91 Å². The molecule has 0 saturated carbocycles. The highest BCUT2D eigenvalue weighted by atomic mass is 16.5. The quantitative estimate of drug-likeness (QED) is 0.330. The number of aliphatic hydroxyl groups is 2. The average molecular weight is 134 g/mol. The van der Waals surface area contributed by atoms with Crippen molar-refractivity contribution < 1.29 is 15.0 Å². The molecule has 9 heavy (non-hydrogen) atoms. The fraction of sp³-hybridized carbons (Fsp3) is 0.750. The largest absolute Gasteiger partial charge is 0.370 e. The highest BCUT2D eigenvalue weighted by Gasteiger charge is 2.15. The molecule has 0 unspecified atom stereocenters. The van der Waals surface area contributed by atoms with E-state index < -0.39 is 11.8 Å². The van der Waals surface area contributed by atoms with Gasteiger partial charge in [0, 0.05) is 12.8 Å². The molecule has 0 saturated heterocycles. The molecule has 1 amide bonds. The third kappa shape index (κ3) is 7.35. The zero-order valence-corrected chi connectivity index (χ0v) is 4.87. The first-order chi connectivity index (χ1) is 3.92. The lowest BCUT2D eigenvalue weighted by Crippen LogP contribution is -2.39. The van der Waals surface area contributed by atoms with E-state index in [4.69, 9.17) is 10.2 Å². The molecule has 5 nitrogen and oxygen atoms in total. The highest BCUT2D eigenvalue weighted by Crippen LogP contribution is 1.98. The van der Waals surface area contributed by atoms with Gasteiger partial charge in [0.05, 0.1) is 0 Å².